The molecule has 0 bridgehead atoms. The molecule has 6 nitrogen and oxygen atoms in total. The molecule has 2 aromatic rings. The lowest BCUT2D eigenvalue weighted by molar-refractivity contribution is -0.139. The number of nitrogens with zero attached hydrogens (tertiary/aromatic N) is 1. The predicted molar refractivity (Wildman–Crippen MR) is 130 cm³/mol. The van der Waals surface area contributed by atoms with E-state index in [0.717, 1.165) is 0 Å². The highest BCUT2D eigenvalue weighted by Gasteiger charge is 2.43. The van der Waals surface area contributed by atoms with Crippen molar-refractivity contribution < 1.29 is 31.9 Å². The Morgan fingerprint density at radius 2 is 2.03 bits per heavy atom. The highest BCUT2D eigenvalue weighted by Crippen LogP contribution is 2.40. The van der Waals surface area contributed by atoms with E-state index in [9.17, 15) is 27.2 Å². The first-order valence-corrected chi connectivity index (χ1v) is 12.1. The highest BCUT2D eigenvalue weighted by molar-refractivity contribution is 6.34. The van der Waals surface area contributed by atoms with E-state index >= 15 is 0 Å². The Kier molecular flexibility index (Phi) is 7.27. The van der Waals surface area contributed by atoms with Crippen molar-refractivity contribution in [3.05, 3.63) is 76.3 Å². The molecule has 2 amide bonds. The van der Waals surface area contributed by atoms with E-state index in [4.69, 9.17) is 16.3 Å². The molecule has 0 aliphatic carbocycles. The minimum atomic E-state index is -4.74. The summed E-state index contributed by atoms with van der Waals surface area (Å²) in [6, 6.07) is 6.22. The second kappa shape index (κ2) is 9.98. The SMILES string of the molecule is C=C1N[C@](C)(c2cccc(NC(=O)c3cc(C(F)(F)F)ccc3F)c2Cl)CC(=O)N1[C@@H]1CCO[C@H](C)C1. The summed E-state index contributed by atoms with van der Waals surface area (Å²) in [5, 5.41) is 5.73. The topological polar surface area (TPSA) is 70.7 Å². The number of hydrogen-bond donors (Lipinski definition) is 2. The van der Waals surface area contributed by atoms with Crippen LogP contribution in [-0.2, 0) is 21.2 Å². The van der Waals surface area contributed by atoms with Crippen LogP contribution in [0.5, 0.6) is 0 Å². The van der Waals surface area contributed by atoms with Crippen LogP contribution in [0, 0.1) is 5.82 Å². The van der Waals surface area contributed by atoms with Gasteiger partial charge in [0.15, 0.2) is 0 Å². The van der Waals surface area contributed by atoms with Gasteiger partial charge in [-0.05, 0) is 56.5 Å². The van der Waals surface area contributed by atoms with Gasteiger partial charge in [-0.3, -0.25) is 14.5 Å². The summed E-state index contributed by atoms with van der Waals surface area (Å²) in [6.07, 6.45) is -3.33. The smallest absolute Gasteiger partial charge is 0.378 e. The van der Waals surface area contributed by atoms with Gasteiger partial charge in [0.2, 0.25) is 5.91 Å². The molecule has 2 aliphatic heterocycles. The maximum atomic E-state index is 14.2. The normalized spacial score (nSPS) is 24.6. The summed E-state index contributed by atoms with van der Waals surface area (Å²) in [6.45, 7) is 8.31. The van der Waals surface area contributed by atoms with Gasteiger partial charge in [-0.2, -0.15) is 13.2 Å². The van der Waals surface area contributed by atoms with Crippen molar-refractivity contribution in [1.29, 1.82) is 0 Å². The Labute approximate surface area is 216 Å². The number of benzene rings is 2. The molecule has 2 saturated heterocycles. The third-order valence-corrected chi connectivity index (χ3v) is 7.09. The molecule has 37 heavy (non-hydrogen) atoms. The average Bonchev–Trinajstić information content (AvgIpc) is 2.79. The van der Waals surface area contributed by atoms with Crippen molar-refractivity contribution in [3.8, 4) is 0 Å². The number of ether oxygens (including phenoxy) is 1. The van der Waals surface area contributed by atoms with Gasteiger partial charge in [0, 0.05) is 12.6 Å². The molecule has 0 spiro atoms. The van der Waals surface area contributed by atoms with E-state index in [1.165, 1.54) is 6.07 Å². The summed E-state index contributed by atoms with van der Waals surface area (Å²) in [7, 11) is 0. The first kappa shape index (κ1) is 26.9. The minimum Gasteiger partial charge on any atom is -0.378 e. The van der Waals surface area contributed by atoms with Gasteiger partial charge in [-0.1, -0.05) is 30.3 Å². The number of hydrogen-bond acceptors (Lipinski definition) is 4. The number of anilines is 1. The van der Waals surface area contributed by atoms with E-state index in [0.29, 0.717) is 49.0 Å². The number of rotatable bonds is 4. The van der Waals surface area contributed by atoms with Crippen LogP contribution < -0.4 is 10.6 Å². The average molecular weight is 540 g/mol. The highest BCUT2D eigenvalue weighted by atomic mass is 35.5. The van der Waals surface area contributed by atoms with Gasteiger partial charge in [0.05, 0.1) is 39.9 Å². The Balaban J connectivity index is 1.58. The van der Waals surface area contributed by atoms with Crippen LogP contribution in [-0.4, -0.2) is 35.5 Å². The van der Waals surface area contributed by atoms with Crippen molar-refractivity contribution in [2.75, 3.05) is 11.9 Å². The summed E-state index contributed by atoms with van der Waals surface area (Å²) in [5.41, 5.74) is -2.39. The Bertz CT molecular complexity index is 1230. The number of alkyl halides is 3. The molecule has 2 N–H and O–H groups in total. The number of nitrogens with one attached hydrogen (secondary N) is 2. The predicted octanol–water partition coefficient (Wildman–Crippen LogP) is 5.83. The molecule has 2 aliphatic rings. The first-order valence-electron chi connectivity index (χ1n) is 11.7. The fourth-order valence-corrected chi connectivity index (χ4v) is 5.26. The van der Waals surface area contributed by atoms with Crippen LogP contribution in [0.25, 0.3) is 0 Å². The maximum Gasteiger partial charge on any atom is 0.416 e. The zero-order chi connectivity index (χ0) is 27.1. The van der Waals surface area contributed by atoms with Crippen LogP contribution in [0.15, 0.2) is 48.8 Å². The quantitative estimate of drug-likeness (QED) is 0.480. The number of amides is 2. The summed E-state index contributed by atoms with van der Waals surface area (Å²) >= 11 is 6.61. The van der Waals surface area contributed by atoms with Crippen molar-refractivity contribution in [1.82, 2.24) is 10.2 Å². The second-order valence-corrected chi connectivity index (χ2v) is 9.90. The molecule has 11 heteroatoms. The molecule has 0 unspecified atom stereocenters. The summed E-state index contributed by atoms with van der Waals surface area (Å²) in [5.74, 6) is -1.94. The van der Waals surface area contributed by atoms with E-state index in [2.05, 4.69) is 17.2 Å². The lowest BCUT2D eigenvalue weighted by Crippen LogP contribution is -2.57. The lowest BCUT2D eigenvalue weighted by atomic mass is 9.85. The van der Waals surface area contributed by atoms with Crippen molar-refractivity contribution in [3.63, 3.8) is 0 Å². The molecular weight excluding hydrogens is 514 g/mol. The molecule has 0 saturated carbocycles. The number of carbonyl (C=O) groups excluding carboxylic acids is 2. The molecule has 198 valence electrons. The van der Waals surface area contributed by atoms with Gasteiger partial charge in [0.1, 0.15) is 11.6 Å². The van der Waals surface area contributed by atoms with Crippen LogP contribution >= 0.6 is 11.6 Å². The fraction of sp³-hybridized carbons (Fsp3) is 0.385. The van der Waals surface area contributed by atoms with Gasteiger partial charge in [-0.25, -0.2) is 4.39 Å². The summed E-state index contributed by atoms with van der Waals surface area (Å²) < 4.78 is 59.0. The summed E-state index contributed by atoms with van der Waals surface area (Å²) in [4.78, 5) is 27.6. The van der Waals surface area contributed by atoms with Crippen molar-refractivity contribution in [2.45, 2.75) is 57.0 Å². The molecule has 3 atom stereocenters. The van der Waals surface area contributed by atoms with Gasteiger partial charge < -0.3 is 15.4 Å². The third kappa shape index (κ3) is 5.45. The standard InChI is InChI=1S/C26H26ClF4N3O3/c1-14-11-17(9-10-37-14)34-15(2)33-25(3,13-22(34)35)19-5-4-6-21(23(19)27)32-24(36)18-12-16(26(29,30)31)7-8-20(18)28/h4-8,12,14,17,33H,2,9-11,13H2,1,3H3,(H,32,36)/t14-,17-,25+/m1/s1. The Morgan fingerprint density at radius 3 is 2.68 bits per heavy atom. The van der Waals surface area contributed by atoms with Crippen LogP contribution in [0.3, 0.4) is 0 Å². The monoisotopic (exact) mass is 539 g/mol. The van der Waals surface area contributed by atoms with Crippen LogP contribution in [0.2, 0.25) is 5.02 Å². The zero-order valence-corrected chi connectivity index (χ0v) is 21.0. The number of carbonyl (C=O) groups is 2. The zero-order valence-electron chi connectivity index (χ0n) is 20.2. The molecular formula is C26H26ClF4N3O3. The third-order valence-electron chi connectivity index (χ3n) is 6.69. The van der Waals surface area contributed by atoms with E-state index in [-0.39, 0.29) is 35.2 Å². The van der Waals surface area contributed by atoms with Gasteiger partial charge in [0.25, 0.3) is 5.91 Å². The van der Waals surface area contributed by atoms with Crippen molar-refractivity contribution in [2.24, 2.45) is 0 Å². The van der Waals surface area contributed by atoms with E-state index < -0.39 is 34.6 Å². The van der Waals surface area contributed by atoms with E-state index in [1.807, 2.05) is 6.92 Å². The lowest BCUT2D eigenvalue weighted by Gasteiger charge is -2.46. The van der Waals surface area contributed by atoms with Gasteiger partial charge >= 0.3 is 6.18 Å². The van der Waals surface area contributed by atoms with Gasteiger partial charge in [-0.15, -0.1) is 0 Å². The maximum absolute atomic E-state index is 14.2. The molecule has 2 fully saturated rings. The Morgan fingerprint density at radius 1 is 1.30 bits per heavy atom. The second-order valence-electron chi connectivity index (χ2n) is 9.52. The minimum absolute atomic E-state index is 0.0176. The first-order chi connectivity index (χ1) is 17.3. The molecule has 0 radical (unpaired) electrons. The molecule has 0 aromatic heterocycles. The largest absolute Gasteiger partial charge is 0.416 e. The van der Waals surface area contributed by atoms with Crippen LogP contribution in [0.1, 0.15) is 54.6 Å². The molecule has 2 aromatic carbocycles. The van der Waals surface area contributed by atoms with E-state index in [1.54, 1.807) is 24.0 Å². The Hall–Kier alpha value is -3.11. The molecule has 2 heterocycles. The van der Waals surface area contributed by atoms with Crippen molar-refractivity contribution >= 4 is 29.1 Å². The van der Waals surface area contributed by atoms with Crippen LogP contribution in [0.4, 0.5) is 23.2 Å². The fourth-order valence-electron chi connectivity index (χ4n) is 4.88. The molecule has 4 rings (SSSR count). The number of halogens is 5.